The fourth-order valence-electron chi connectivity index (χ4n) is 2.61. The summed E-state index contributed by atoms with van der Waals surface area (Å²) >= 11 is 0. The number of aliphatic hydroxyl groups excluding tert-OH is 1. The predicted molar refractivity (Wildman–Crippen MR) is 99.6 cm³/mol. The molecule has 2 rings (SSSR count). The van der Waals surface area contributed by atoms with Crippen LogP contribution in [0.2, 0.25) is 0 Å². The van der Waals surface area contributed by atoms with E-state index in [9.17, 15) is 19.8 Å². The van der Waals surface area contributed by atoms with Gasteiger partial charge < -0.3 is 24.1 Å². The number of hydrogen-bond acceptors (Lipinski definition) is 7. The third-order valence-electron chi connectivity index (χ3n) is 4.26. The highest BCUT2D eigenvalue weighted by atomic mass is 16.6. The Morgan fingerprint density at radius 3 is 2.52 bits per heavy atom. The van der Waals surface area contributed by atoms with Gasteiger partial charge in [0.25, 0.3) is 0 Å². The van der Waals surface area contributed by atoms with Gasteiger partial charge in [-0.3, -0.25) is 0 Å². The molecule has 2 aromatic rings. The van der Waals surface area contributed by atoms with E-state index in [2.05, 4.69) is 0 Å². The van der Waals surface area contributed by atoms with E-state index < -0.39 is 29.4 Å². The van der Waals surface area contributed by atoms with Gasteiger partial charge in [0.15, 0.2) is 6.10 Å². The van der Waals surface area contributed by atoms with E-state index in [0.29, 0.717) is 11.0 Å². The zero-order chi connectivity index (χ0) is 20.4. The molecule has 7 heteroatoms. The van der Waals surface area contributed by atoms with E-state index in [-0.39, 0.29) is 16.9 Å². The Labute approximate surface area is 156 Å². The van der Waals surface area contributed by atoms with Crippen molar-refractivity contribution in [3.8, 4) is 5.75 Å². The molecular weight excluding hydrogens is 352 g/mol. The molecular formula is C20H24O7. The Balaban J connectivity index is 2.53. The highest BCUT2D eigenvalue weighted by molar-refractivity contribution is 5.88. The van der Waals surface area contributed by atoms with Crippen LogP contribution in [0.3, 0.4) is 0 Å². The molecule has 0 fully saturated rings. The Morgan fingerprint density at radius 1 is 1.30 bits per heavy atom. The summed E-state index contributed by atoms with van der Waals surface area (Å²) in [7, 11) is 1.40. The third-order valence-corrected chi connectivity index (χ3v) is 4.26. The third kappa shape index (κ3) is 4.56. The van der Waals surface area contributed by atoms with Gasteiger partial charge in [0.2, 0.25) is 0 Å². The minimum Gasteiger partial charge on any atom is -0.496 e. The predicted octanol–water partition coefficient (Wildman–Crippen LogP) is 2.48. The lowest BCUT2D eigenvalue weighted by Gasteiger charge is -2.33. The lowest BCUT2D eigenvalue weighted by Crippen LogP contribution is -2.44. The zero-order valence-corrected chi connectivity index (χ0v) is 16.0. The summed E-state index contributed by atoms with van der Waals surface area (Å²) in [4.78, 5) is 23.6. The number of methoxy groups -OCH3 is 1. The Bertz CT molecular complexity index is 918. The lowest BCUT2D eigenvalue weighted by atomic mass is 9.91. The summed E-state index contributed by atoms with van der Waals surface area (Å²) in [5, 5.41) is 21.9. The van der Waals surface area contributed by atoms with Gasteiger partial charge >= 0.3 is 11.6 Å². The van der Waals surface area contributed by atoms with Gasteiger partial charge in [-0.25, -0.2) is 9.59 Å². The van der Waals surface area contributed by atoms with Gasteiger partial charge in [0.1, 0.15) is 17.4 Å². The molecule has 1 aromatic carbocycles. The number of benzene rings is 1. The van der Waals surface area contributed by atoms with Gasteiger partial charge in [-0.1, -0.05) is 6.08 Å². The second kappa shape index (κ2) is 7.94. The summed E-state index contributed by atoms with van der Waals surface area (Å²) in [6, 6.07) is 5.84. The number of carbonyl (C=O) groups is 1. The molecule has 0 amide bonds. The zero-order valence-electron chi connectivity index (χ0n) is 16.0. The Hall–Kier alpha value is -2.64. The minimum atomic E-state index is -1.54. The summed E-state index contributed by atoms with van der Waals surface area (Å²) in [5.74, 6) is -0.410. The van der Waals surface area contributed by atoms with Crippen molar-refractivity contribution in [2.24, 2.45) is 0 Å². The fraction of sp³-hybridized carbons (Fsp3) is 0.400. The summed E-state index contributed by atoms with van der Waals surface area (Å²) in [6.07, 6.45) is -1.07. The normalized spacial score (nSPS) is 14.7. The molecule has 0 aliphatic heterocycles. The average Bonchev–Trinajstić information content (AvgIpc) is 2.62. The van der Waals surface area contributed by atoms with E-state index in [1.165, 1.54) is 33.1 Å². The molecule has 2 N–H and O–H groups in total. The van der Waals surface area contributed by atoms with Crippen LogP contribution in [0, 0.1) is 0 Å². The van der Waals surface area contributed by atoms with E-state index >= 15 is 0 Å². The number of ether oxygens (including phenoxy) is 2. The maximum absolute atomic E-state index is 12.2. The standard InChI is InChI=1S/C20H24O7/c1-6-11(2)19(23)27-18(20(3,4)24)17(22)13-9-12-7-8-16(21)26-14(12)10-15(13)25-5/h6-10,17-18,22,24H,1-5H3/b11-6+/t17-,18-/m0/s1. The summed E-state index contributed by atoms with van der Waals surface area (Å²) < 4.78 is 15.8. The SMILES string of the molecule is C/C=C(\C)C(=O)O[C@@H]([C@@H](O)c1cc2ccc(=O)oc2cc1OC)C(C)(C)O. The molecule has 0 saturated carbocycles. The van der Waals surface area contributed by atoms with Crippen LogP contribution in [0.4, 0.5) is 0 Å². The van der Waals surface area contributed by atoms with Gasteiger partial charge in [0, 0.05) is 28.7 Å². The number of hydrogen-bond donors (Lipinski definition) is 2. The summed E-state index contributed by atoms with van der Waals surface area (Å²) in [6.45, 7) is 6.14. The van der Waals surface area contributed by atoms with Crippen LogP contribution in [0.15, 0.2) is 45.1 Å². The van der Waals surface area contributed by atoms with Crippen LogP contribution in [-0.2, 0) is 9.53 Å². The number of aliphatic hydroxyl groups is 2. The molecule has 1 aromatic heterocycles. The van der Waals surface area contributed by atoms with Crippen molar-refractivity contribution in [3.63, 3.8) is 0 Å². The van der Waals surface area contributed by atoms with Crippen LogP contribution in [0.25, 0.3) is 11.0 Å². The van der Waals surface area contributed by atoms with E-state index in [0.717, 1.165) is 0 Å². The number of esters is 1. The monoisotopic (exact) mass is 376 g/mol. The van der Waals surface area contributed by atoms with Crippen molar-refractivity contribution in [2.75, 3.05) is 7.11 Å². The van der Waals surface area contributed by atoms with Gasteiger partial charge in [-0.05, 0) is 39.8 Å². The number of allylic oxidation sites excluding steroid dienone is 1. The van der Waals surface area contributed by atoms with Crippen LogP contribution in [0.1, 0.15) is 39.4 Å². The maximum Gasteiger partial charge on any atom is 0.336 e. The molecule has 0 aliphatic carbocycles. The first-order valence-electron chi connectivity index (χ1n) is 8.44. The maximum atomic E-state index is 12.2. The molecule has 7 nitrogen and oxygen atoms in total. The molecule has 0 radical (unpaired) electrons. The first-order valence-corrected chi connectivity index (χ1v) is 8.44. The number of carbonyl (C=O) groups excluding carboxylic acids is 1. The topological polar surface area (TPSA) is 106 Å². The quantitative estimate of drug-likeness (QED) is 0.453. The van der Waals surface area contributed by atoms with Gasteiger partial charge in [0.05, 0.1) is 12.7 Å². The highest BCUT2D eigenvalue weighted by Crippen LogP contribution is 2.35. The molecule has 146 valence electrons. The first kappa shape index (κ1) is 20.7. The lowest BCUT2D eigenvalue weighted by molar-refractivity contribution is -0.172. The van der Waals surface area contributed by atoms with Crippen molar-refractivity contribution in [1.29, 1.82) is 0 Å². The molecule has 1 heterocycles. The van der Waals surface area contributed by atoms with E-state index in [1.807, 2.05) is 0 Å². The first-order chi connectivity index (χ1) is 12.6. The number of fused-ring (bicyclic) bond motifs is 1. The van der Waals surface area contributed by atoms with E-state index in [4.69, 9.17) is 13.9 Å². The second-order valence-electron chi connectivity index (χ2n) is 6.78. The van der Waals surface area contributed by atoms with Crippen molar-refractivity contribution < 1.29 is 28.9 Å². The van der Waals surface area contributed by atoms with Crippen LogP contribution < -0.4 is 10.4 Å². The fourth-order valence-corrected chi connectivity index (χ4v) is 2.61. The largest absolute Gasteiger partial charge is 0.496 e. The van der Waals surface area contributed by atoms with E-state index in [1.54, 1.807) is 32.1 Å². The van der Waals surface area contributed by atoms with Crippen molar-refractivity contribution in [1.82, 2.24) is 0 Å². The van der Waals surface area contributed by atoms with Crippen molar-refractivity contribution in [3.05, 3.63) is 51.9 Å². The molecule has 2 atom stereocenters. The van der Waals surface area contributed by atoms with Gasteiger partial charge in [-0.15, -0.1) is 0 Å². The van der Waals surface area contributed by atoms with Crippen LogP contribution in [-0.4, -0.2) is 35.0 Å². The molecule has 0 bridgehead atoms. The Morgan fingerprint density at radius 2 is 1.96 bits per heavy atom. The molecule has 0 unspecified atom stereocenters. The molecule has 0 spiro atoms. The van der Waals surface area contributed by atoms with Crippen molar-refractivity contribution >= 4 is 16.9 Å². The average molecular weight is 376 g/mol. The summed E-state index contributed by atoms with van der Waals surface area (Å²) in [5.41, 5.74) is -1.12. The minimum absolute atomic E-state index is 0.234. The second-order valence-corrected chi connectivity index (χ2v) is 6.78. The highest BCUT2D eigenvalue weighted by Gasteiger charge is 2.39. The molecule has 0 aliphatic rings. The van der Waals surface area contributed by atoms with Crippen LogP contribution in [0.5, 0.6) is 5.75 Å². The smallest absolute Gasteiger partial charge is 0.336 e. The molecule has 0 saturated heterocycles. The molecule has 27 heavy (non-hydrogen) atoms. The van der Waals surface area contributed by atoms with Gasteiger partial charge in [-0.2, -0.15) is 0 Å². The Kier molecular flexibility index (Phi) is 6.08. The van der Waals surface area contributed by atoms with Crippen LogP contribution >= 0.6 is 0 Å². The number of rotatable bonds is 6. The van der Waals surface area contributed by atoms with Crippen molar-refractivity contribution in [2.45, 2.75) is 45.5 Å².